The van der Waals surface area contributed by atoms with Gasteiger partial charge in [-0.15, -0.1) is 0 Å². The maximum atomic E-state index is 3.72. The van der Waals surface area contributed by atoms with Crippen molar-refractivity contribution < 1.29 is 0 Å². The van der Waals surface area contributed by atoms with E-state index in [1.54, 1.807) is 0 Å². The Morgan fingerprint density at radius 2 is 2.16 bits per heavy atom. The van der Waals surface area contributed by atoms with Gasteiger partial charge in [-0.05, 0) is 49.9 Å². The van der Waals surface area contributed by atoms with Gasteiger partial charge < -0.3 is 10.2 Å². The summed E-state index contributed by atoms with van der Waals surface area (Å²) in [5, 5.41) is 3.72. The second kappa shape index (κ2) is 6.42. The molecular formula is C17H28N2. The Labute approximate surface area is 118 Å². The van der Waals surface area contributed by atoms with Crippen LogP contribution >= 0.6 is 0 Å². The summed E-state index contributed by atoms with van der Waals surface area (Å²) in [4.78, 5) is 2.58. The highest BCUT2D eigenvalue weighted by Crippen LogP contribution is 2.24. The lowest BCUT2D eigenvalue weighted by molar-refractivity contribution is 0.384. The van der Waals surface area contributed by atoms with Gasteiger partial charge in [0, 0.05) is 24.8 Å². The van der Waals surface area contributed by atoms with Gasteiger partial charge in [-0.25, -0.2) is 0 Å². The van der Waals surface area contributed by atoms with Crippen molar-refractivity contribution in [3.05, 3.63) is 29.3 Å². The number of nitrogens with one attached hydrogen (secondary N) is 1. The molecule has 2 atom stereocenters. The summed E-state index contributed by atoms with van der Waals surface area (Å²) in [6.07, 6.45) is 2.48. The molecule has 0 amide bonds. The average molecular weight is 260 g/mol. The van der Waals surface area contributed by atoms with Crippen molar-refractivity contribution in [2.24, 2.45) is 5.92 Å². The second-order valence-corrected chi connectivity index (χ2v) is 6.04. The first-order valence-corrected chi connectivity index (χ1v) is 7.67. The first-order chi connectivity index (χ1) is 9.11. The minimum absolute atomic E-state index is 0.618. The Kier molecular flexibility index (Phi) is 4.87. The molecule has 1 heterocycles. The largest absolute Gasteiger partial charge is 0.370 e. The lowest BCUT2D eigenvalue weighted by atomic mass is 9.98. The predicted molar refractivity (Wildman–Crippen MR) is 84.0 cm³/mol. The van der Waals surface area contributed by atoms with E-state index in [4.69, 9.17) is 0 Å². The fraction of sp³-hybridized carbons (Fsp3) is 0.647. The molecule has 1 saturated heterocycles. The predicted octanol–water partition coefficient (Wildman–Crippen LogP) is 3.52. The third-order valence-corrected chi connectivity index (χ3v) is 4.46. The smallest absolute Gasteiger partial charge is 0.0399 e. The van der Waals surface area contributed by atoms with Crippen molar-refractivity contribution in [2.45, 2.75) is 46.6 Å². The minimum Gasteiger partial charge on any atom is -0.370 e. The molecule has 1 fully saturated rings. The molecule has 0 saturated carbocycles. The molecule has 0 aliphatic carbocycles. The minimum atomic E-state index is 0.618. The molecule has 2 rings (SSSR count). The Balaban J connectivity index is 2.20. The van der Waals surface area contributed by atoms with E-state index in [2.05, 4.69) is 56.1 Å². The zero-order valence-corrected chi connectivity index (χ0v) is 12.9. The molecule has 2 unspecified atom stereocenters. The van der Waals surface area contributed by atoms with Gasteiger partial charge >= 0.3 is 0 Å². The summed E-state index contributed by atoms with van der Waals surface area (Å²) >= 11 is 0. The number of hydrogen-bond donors (Lipinski definition) is 1. The molecule has 0 bridgehead atoms. The third-order valence-electron chi connectivity index (χ3n) is 4.46. The van der Waals surface area contributed by atoms with Crippen LogP contribution in [0.2, 0.25) is 0 Å². The molecule has 19 heavy (non-hydrogen) atoms. The van der Waals surface area contributed by atoms with Crippen molar-refractivity contribution in [1.82, 2.24) is 5.32 Å². The normalized spacial score (nSPS) is 22.1. The summed E-state index contributed by atoms with van der Waals surface area (Å²) in [5.41, 5.74) is 4.19. The molecule has 1 aliphatic heterocycles. The van der Waals surface area contributed by atoms with Crippen molar-refractivity contribution in [3.8, 4) is 0 Å². The van der Waals surface area contributed by atoms with Crippen molar-refractivity contribution in [3.63, 3.8) is 0 Å². The van der Waals surface area contributed by atoms with E-state index in [1.165, 1.54) is 36.2 Å². The first kappa shape index (κ1) is 14.4. The van der Waals surface area contributed by atoms with Crippen LogP contribution in [0, 0.1) is 19.8 Å². The molecule has 106 valence electrons. The Morgan fingerprint density at radius 1 is 1.37 bits per heavy atom. The Bertz CT molecular complexity index is 414. The second-order valence-electron chi connectivity index (χ2n) is 6.04. The summed E-state index contributed by atoms with van der Waals surface area (Å²) in [7, 11) is 0. The fourth-order valence-corrected chi connectivity index (χ4v) is 2.90. The van der Waals surface area contributed by atoms with Crippen LogP contribution in [-0.4, -0.2) is 25.7 Å². The van der Waals surface area contributed by atoms with Crippen LogP contribution in [-0.2, 0) is 0 Å². The van der Waals surface area contributed by atoms with E-state index in [-0.39, 0.29) is 0 Å². The van der Waals surface area contributed by atoms with E-state index in [0.717, 1.165) is 19.0 Å². The summed E-state index contributed by atoms with van der Waals surface area (Å²) < 4.78 is 0. The highest BCUT2D eigenvalue weighted by atomic mass is 15.2. The zero-order valence-electron chi connectivity index (χ0n) is 12.9. The Morgan fingerprint density at radius 3 is 2.89 bits per heavy atom. The Hall–Kier alpha value is -1.02. The van der Waals surface area contributed by atoms with Gasteiger partial charge in [0.25, 0.3) is 0 Å². The quantitative estimate of drug-likeness (QED) is 0.894. The van der Waals surface area contributed by atoms with E-state index in [0.29, 0.717) is 6.04 Å². The third kappa shape index (κ3) is 3.50. The van der Waals surface area contributed by atoms with Crippen molar-refractivity contribution in [2.75, 3.05) is 24.5 Å². The van der Waals surface area contributed by atoms with E-state index in [9.17, 15) is 0 Å². The highest BCUT2D eigenvalue weighted by molar-refractivity contribution is 5.55. The maximum absolute atomic E-state index is 3.72. The van der Waals surface area contributed by atoms with E-state index >= 15 is 0 Å². The van der Waals surface area contributed by atoms with Gasteiger partial charge in [0.05, 0.1) is 0 Å². The number of nitrogens with zero attached hydrogens (tertiary/aromatic N) is 1. The van der Waals surface area contributed by atoms with Gasteiger partial charge in [0.1, 0.15) is 0 Å². The van der Waals surface area contributed by atoms with Crippen LogP contribution in [0.1, 0.15) is 37.8 Å². The van der Waals surface area contributed by atoms with Crippen molar-refractivity contribution in [1.29, 1.82) is 0 Å². The summed E-state index contributed by atoms with van der Waals surface area (Å²) in [5.74, 6) is 0.741. The van der Waals surface area contributed by atoms with E-state index in [1.807, 2.05) is 0 Å². The summed E-state index contributed by atoms with van der Waals surface area (Å²) in [6, 6.07) is 7.42. The standard InChI is InChI=1S/C17H28N2/c1-5-14(3)16-12-19(10-6-9-18-16)17-11-13(2)7-8-15(17)4/h7-8,11,14,16,18H,5-6,9-10,12H2,1-4H3. The molecule has 1 aromatic carbocycles. The molecule has 2 heteroatoms. The highest BCUT2D eigenvalue weighted by Gasteiger charge is 2.22. The van der Waals surface area contributed by atoms with Crippen LogP contribution in [0.4, 0.5) is 5.69 Å². The number of rotatable bonds is 3. The van der Waals surface area contributed by atoms with Gasteiger partial charge in [0.15, 0.2) is 0 Å². The summed E-state index contributed by atoms with van der Waals surface area (Å²) in [6.45, 7) is 12.5. The van der Waals surface area contributed by atoms with Gasteiger partial charge in [0.2, 0.25) is 0 Å². The van der Waals surface area contributed by atoms with Crippen molar-refractivity contribution >= 4 is 5.69 Å². The molecule has 1 aliphatic rings. The van der Waals surface area contributed by atoms with Crippen LogP contribution in [0.5, 0.6) is 0 Å². The van der Waals surface area contributed by atoms with E-state index < -0.39 is 0 Å². The van der Waals surface area contributed by atoms with Crippen LogP contribution in [0.3, 0.4) is 0 Å². The molecule has 0 radical (unpaired) electrons. The number of hydrogen-bond acceptors (Lipinski definition) is 2. The number of aryl methyl sites for hydroxylation is 2. The van der Waals surface area contributed by atoms with Gasteiger partial charge in [-0.3, -0.25) is 0 Å². The SMILES string of the molecule is CCC(C)C1CN(c2cc(C)ccc2C)CCCN1. The molecular weight excluding hydrogens is 232 g/mol. The number of benzene rings is 1. The fourth-order valence-electron chi connectivity index (χ4n) is 2.90. The lowest BCUT2D eigenvalue weighted by Crippen LogP contribution is -2.42. The zero-order chi connectivity index (χ0) is 13.8. The van der Waals surface area contributed by atoms with Crippen LogP contribution < -0.4 is 10.2 Å². The molecule has 1 N–H and O–H groups in total. The van der Waals surface area contributed by atoms with Gasteiger partial charge in [-0.1, -0.05) is 32.4 Å². The average Bonchev–Trinajstić information content (AvgIpc) is 2.66. The molecule has 2 nitrogen and oxygen atoms in total. The lowest BCUT2D eigenvalue weighted by Gasteiger charge is -2.30. The van der Waals surface area contributed by atoms with Gasteiger partial charge in [-0.2, -0.15) is 0 Å². The molecule has 0 spiro atoms. The number of anilines is 1. The topological polar surface area (TPSA) is 15.3 Å². The first-order valence-electron chi connectivity index (χ1n) is 7.67. The maximum Gasteiger partial charge on any atom is 0.0399 e. The molecule has 0 aromatic heterocycles. The van der Waals surface area contributed by atoms with Crippen LogP contribution in [0.15, 0.2) is 18.2 Å². The van der Waals surface area contributed by atoms with Crippen LogP contribution in [0.25, 0.3) is 0 Å². The molecule has 1 aromatic rings. The monoisotopic (exact) mass is 260 g/mol.